The molecule has 8 nitrogen and oxygen atoms in total. The molecule has 0 fully saturated rings. The van der Waals surface area contributed by atoms with E-state index in [0.29, 0.717) is 17.3 Å². The molecule has 0 unspecified atom stereocenters. The molecule has 154 valence electrons. The number of hydrogen-bond acceptors (Lipinski definition) is 6. The molecule has 30 heavy (non-hydrogen) atoms. The van der Waals surface area contributed by atoms with Crippen LogP contribution in [0, 0.1) is 11.6 Å². The molecule has 1 heterocycles. The summed E-state index contributed by atoms with van der Waals surface area (Å²) >= 11 is 0.891. The molecule has 2 aromatic carbocycles. The number of nitrogens with zero attached hydrogens (tertiary/aromatic N) is 2. The highest BCUT2D eigenvalue weighted by Crippen LogP contribution is 2.24. The normalized spacial score (nSPS) is 10.5. The first-order chi connectivity index (χ1) is 14.3. The van der Waals surface area contributed by atoms with Gasteiger partial charge in [0.2, 0.25) is 11.8 Å². The molecule has 0 aliphatic rings. The summed E-state index contributed by atoms with van der Waals surface area (Å²) in [7, 11) is 0. The molecule has 3 aromatic rings. The van der Waals surface area contributed by atoms with E-state index in [2.05, 4.69) is 25.8 Å². The summed E-state index contributed by atoms with van der Waals surface area (Å²) in [5.41, 5.74) is 0.222. The second kappa shape index (κ2) is 9.27. The van der Waals surface area contributed by atoms with Gasteiger partial charge in [0.1, 0.15) is 11.6 Å². The number of aromatic nitrogens is 3. The van der Waals surface area contributed by atoms with Crippen LogP contribution in [0.3, 0.4) is 0 Å². The fourth-order valence-corrected chi connectivity index (χ4v) is 3.11. The second-order valence-corrected chi connectivity index (χ2v) is 6.99. The molecule has 3 rings (SSSR count). The lowest BCUT2D eigenvalue weighted by molar-refractivity contribution is -0.114. The van der Waals surface area contributed by atoms with Crippen molar-refractivity contribution < 1.29 is 18.4 Å². The number of carbonyl (C=O) groups excluding carboxylic acids is 2. The number of aromatic amines is 1. The van der Waals surface area contributed by atoms with Crippen LogP contribution in [0.2, 0.25) is 0 Å². The number of amides is 2. The van der Waals surface area contributed by atoms with Crippen molar-refractivity contribution in [3.63, 3.8) is 0 Å². The smallest absolute Gasteiger partial charge is 0.278 e. The van der Waals surface area contributed by atoms with E-state index in [0.717, 1.165) is 23.9 Å². The average Bonchev–Trinajstić information content (AvgIpc) is 2.66. The Hall–Kier alpha value is -3.60. The van der Waals surface area contributed by atoms with Gasteiger partial charge in [-0.1, -0.05) is 30.0 Å². The first kappa shape index (κ1) is 21.1. The van der Waals surface area contributed by atoms with E-state index >= 15 is 0 Å². The van der Waals surface area contributed by atoms with Crippen molar-refractivity contribution in [3.05, 3.63) is 64.5 Å². The van der Waals surface area contributed by atoms with Gasteiger partial charge in [0.05, 0.1) is 11.4 Å². The van der Waals surface area contributed by atoms with Crippen LogP contribution in [-0.2, 0) is 9.59 Å². The summed E-state index contributed by atoms with van der Waals surface area (Å²) in [4.78, 5) is 38.2. The summed E-state index contributed by atoms with van der Waals surface area (Å²) in [6, 6.07) is 9.27. The van der Waals surface area contributed by atoms with E-state index in [1.165, 1.54) is 6.92 Å². The van der Waals surface area contributed by atoms with Crippen LogP contribution in [0.15, 0.2) is 52.4 Å². The zero-order chi connectivity index (χ0) is 21.7. The molecule has 0 atom stereocenters. The van der Waals surface area contributed by atoms with Crippen LogP contribution >= 0.6 is 11.8 Å². The van der Waals surface area contributed by atoms with Crippen molar-refractivity contribution in [2.45, 2.75) is 12.1 Å². The maximum atomic E-state index is 13.2. The Morgan fingerprint density at radius 3 is 2.43 bits per heavy atom. The molecular formula is C19H15F2N5O3S. The first-order valence-electron chi connectivity index (χ1n) is 8.54. The molecular weight excluding hydrogens is 416 g/mol. The SMILES string of the molecule is CC(=O)Nc1ccccc1-c1nnc(SCC(=O)Nc2cc(F)cc(F)c2)[nH]c1=O. The van der Waals surface area contributed by atoms with Gasteiger partial charge < -0.3 is 10.6 Å². The highest BCUT2D eigenvalue weighted by molar-refractivity contribution is 7.99. The number of anilines is 2. The fraction of sp³-hybridized carbons (Fsp3) is 0.105. The second-order valence-electron chi connectivity index (χ2n) is 6.03. The van der Waals surface area contributed by atoms with Gasteiger partial charge in [-0.25, -0.2) is 8.78 Å². The Bertz CT molecular complexity index is 1150. The number of benzene rings is 2. The number of carbonyl (C=O) groups is 2. The van der Waals surface area contributed by atoms with E-state index in [1.807, 2.05) is 0 Å². The summed E-state index contributed by atoms with van der Waals surface area (Å²) in [6.45, 7) is 1.34. The van der Waals surface area contributed by atoms with E-state index in [9.17, 15) is 23.2 Å². The largest absolute Gasteiger partial charge is 0.326 e. The van der Waals surface area contributed by atoms with E-state index in [4.69, 9.17) is 0 Å². The van der Waals surface area contributed by atoms with Gasteiger partial charge in [0.25, 0.3) is 5.56 Å². The first-order valence-corrected chi connectivity index (χ1v) is 9.53. The van der Waals surface area contributed by atoms with Crippen LogP contribution in [0.4, 0.5) is 20.2 Å². The predicted molar refractivity (Wildman–Crippen MR) is 108 cm³/mol. The number of H-pyrrole nitrogens is 1. The van der Waals surface area contributed by atoms with Crippen molar-refractivity contribution >= 4 is 35.0 Å². The summed E-state index contributed by atoms with van der Waals surface area (Å²) < 4.78 is 26.3. The topological polar surface area (TPSA) is 117 Å². The van der Waals surface area contributed by atoms with Gasteiger partial charge >= 0.3 is 0 Å². The molecule has 0 saturated heterocycles. The molecule has 3 N–H and O–H groups in total. The van der Waals surface area contributed by atoms with Crippen LogP contribution in [0.5, 0.6) is 0 Å². The number of thioether (sulfide) groups is 1. The van der Waals surface area contributed by atoms with Gasteiger partial charge in [-0.3, -0.25) is 19.4 Å². The minimum absolute atomic E-state index is 0.00314. The molecule has 0 aliphatic carbocycles. The zero-order valence-electron chi connectivity index (χ0n) is 15.5. The molecule has 0 aliphatic heterocycles. The highest BCUT2D eigenvalue weighted by Gasteiger charge is 2.14. The number of rotatable bonds is 6. The van der Waals surface area contributed by atoms with E-state index in [1.54, 1.807) is 24.3 Å². The van der Waals surface area contributed by atoms with Crippen molar-refractivity contribution in [1.82, 2.24) is 15.2 Å². The zero-order valence-corrected chi connectivity index (χ0v) is 16.3. The van der Waals surface area contributed by atoms with E-state index in [-0.39, 0.29) is 28.2 Å². The molecule has 1 aromatic heterocycles. The molecule has 0 radical (unpaired) electrons. The van der Waals surface area contributed by atoms with E-state index < -0.39 is 23.1 Å². The van der Waals surface area contributed by atoms with Gasteiger partial charge in [-0.05, 0) is 18.2 Å². The number of nitrogens with one attached hydrogen (secondary N) is 3. The van der Waals surface area contributed by atoms with Crippen LogP contribution in [0.1, 0.15) is 6.92 Å². The van der Waals surface area contributed by atoms with Gasteiger partial charge in [-0.2, -0.15) is 0 Å². The maximum Gasteiger partial charge on any atom is 0.278 e. The summed E-state index contributed by atoms with van der Waals surface area (Å²) in [6.07, 6.45) is 0. The monoisotopic (exact) mass is 431 g/mol. The molecule has 11 heteroatoms. The van der Waals surface area contributed by atoms with Crippen LogP contribution < -0.4 is 16.2 Å². The molecule has 0 spiro atoms. The van der Waals surface area contributed by atoms with Crippen LogP contribution in [-0.4, -0.2) is 32.7 Å². The van der Waals surface area contributed by atoms with Crippen molar-refractivity contribution in [3.8, 4) is 11.3 Å². The Kier molecular flexibility index (Phi) is 6.52. The van der Waals surface area contributed by atoms with Crippen LogP contribution in [0.25, 0.3) is 11.3 Å². The van der Waals surface area contributed by atoms with Crippen molar-refractivity contribution in [2.75, 3.05) is 16.4 Å². The Morgan fingerprint density at radius 2 is 1.77 bits per heavy atom. The Labute approximate surface area is 173 Å². The lowest BCUT2D eigenvalue weighted by Gasteiger charge is -2.08. The predicted octanol–water partition coefficient (Wildman–Crippen LogP) is 2.80. The quantitative estimate of drug-likeness (QED) is 0.517. The maximum absolute atomic E-state index is 13.2. The van der Waals surface area contributed by atoms with Gasteiger partial charge in [0, 0.05) is 24.2 Å². The average molecular weight is 431 g/mol. The minimum Gasteiger partial charge on any atom is -0.326 e. The number of para-hydroxylation sites is 1. The standard InChI is InChI=1S/C19H15F2N5O3S/c1-10(27)22-15-5-3-2-4-14(15)17-18(29)24-19(26-25-17)30-9-16(28)23-13-7-11(20)6-12(21)8-13/h2-8H,9H2,1H3,(H,22,27)(H,23,28)(H,24,26,29). The summed E-state index contributed by atoms with van der Waals surface area (Å²) in [5, 5.41) is 12.8. The molecule has 2 amide bonds. The molecule has 0 bridgehead atoms. The third-order valence-corrected chi connectivity index (χ3v) is 4.52. The highest BCUT2D eigenvalue weighted by atomic mass is 32.2. The Balaban J connectivity index is 1.70. The number of halogens is 2. The minimum atomic E-state index is -0.816. The lowest BCUT2D eigenvalue weighted by atomic mass is 10.1. The summed E-state index contributed by atoms with van der Waals surface area (Å²) in [5.74, 6) is -2.66. The van der Waals surface area contributed by atoms with Gasteiger partial charge in [0.15, 0.2) is 10.9 Å². The number of hydrogen-bond donors (Lipinski definition) is 3. The van der Waals surface area contributed by atoms with Crippen molar-refractivity contribution in [2.24, 2.45) is 0 Å². The van der Waals surface area contributed by atoms with Crippen molar-refractivity contribution in [1.29, 1.82) is 0 Å². The van der Waals surface area contributed by atoms with Gasteiger partial charge in [-0.15, -0.1) is 10.2 Å². The fourth-order valence-electron chi connectivity index (χ4n) is 2.51. The lowest BCUT2D eigenvalue weighted by Crippen LogP contribution is -2.18. The Morgan fingerprint density at radius 1 is 1.07 bits per heavy atom. The molecule has 0 saturated carbocycles. The third kappa shape index (κ3) is 5.47. The third-order valence-electron chi connectivity index (χ3n) is 3.66.